The van der Waals surface area contributed by atoms with Crippen molar-refractivity contribution in [3.05, 3.63) is 24.3 Å². The summed E-state index contributed by atoms with van der Waals surface area (Å²) in [6.07, 6.45) is 0.890. The largest absolute Gasteiger partial charge is 0.326 e. The van der Waals surface area contributed by atoms with Crippen LogP contribution >= 0.6 is 11.8 Å². The summed E-state index contributed by atoms with van der Waals surface area (Å²) in [5.74, 6) is 0.848. The van der Waals surface area contributed by atoms with Crippen molar-refractivity contribution in [3.8, 4) is 0 Å². The van der Waals surface area contributed by atoms with E-state index in [9.17, 15) is 9.59 Å². The number of rotatable bonds is 6. The fourth-order valence-corrected chi connectivity index (χ4v) is 2.28. The Morgan fingerprint density at radius 1 is 1.28 bits per heavy atom. The lowest BCUT2D eigenvalue weighted by Gasteiger charge is -2.07. The van der Waals surface area contributed by atoms with Gasteiger partial charge in [0.2, 0.25) is 5.91 Å². The first kappa shape index (κ1) is 14.8. The molecule has 1 rings (SSSR count). The van der Waals surface area contributed by atoms with Crippen molar-refractivity contribution in [3.63, 3.8) is 0 Å². The lowest BCUT2D eigenvalue weighted by molar-refractivity contribution is -0.119. The van der Waals surface area contributed by atoms with E-state index in [1.54, 1.807) is 0 Å². The first-order valence-electron chi connectivity index (χ1n) is 6.06. The molecule has 3 nitrogen and oxygen atoms in total. The van der Waals surface area contributed by atoms with E-state index in [4.69, 9.17) is 0 Å². The summed E-state index contributed by atoms with van der Waals surface area (Å²) in [4.78, 5) is 23.6. The third-order valence-electron chi connectivity index (χ3n) is 2.72. The molecule has 0 aromatic heterocycles. The van der Waals surface area contributed by atoms with Gasteiger partial charge in [0.15, 0.2) is 0 Å². The zero-order valence-corrected chi connectivity index (χ0v) is 11.8. The van der Waals surface area contributed by atoms with E-state index in [0.717, 1.165) is 17.0 Å². The summed E-state index contributed by atoms with van der Waals surface area (Å²) in [6.45, 7) is 5.46. The van der Waals surface area contributed by atoms with Crippen molar-refractivity contribution >= 4 is 29.1 Å². The second kappa shape index (κ2) is 7.21. The van der Waals surface area contributed by atoms with E-state index in [1.807, 2.05) is 38.1 Å². The summed E-state index contributed by atoms with van der Waals surface area (Å²) < 4.78 is 0. The van der Waals surface area contributed by atoms with Gasteiger partial charge in [0.1, 0.15) is 5.78 Å². The minimum Gasteiger partial charge on any atom is -0.326 e. The van der Waals surface area contributed by atoms with Crippen LogP contribution in [0.3, 0.4) is 0 Å². The van der Waals surface area contributed by atoms with Gasteiger partial charge in [-0.05, 0) is 30.7 Å². The van der Waals surface area contributed by atoms with Gasteiger partial charge in [0, 0.05) is 23.4 Å². The molecule has 0 aliphatic rings. The van der Waals surface area contributed by atoms with Crippen LogP contribution in [-0.2, 0) is 9.59 Å². The predicted molar refractivity (Wildman–Crippen MR) is 75.9 cm³/mol. The highest BCUT2D eigenvalue weighted by Gasteiger charge is 2.10. The topological polar surface area (TPSA) is 46.2 Å². The number of ketones is 1. The summed E-state index contributed by atoms with van der Waals surface area (Å²) in [5.41, 5.74) is 0.778. The van der Waals surface area contributed by atoms with E-state index >= 15 is 0 Å². The molecule has 1 unspecified atom stereocenters. The predicted octanol–water partition coefficient (Wildman–Crippen LogP) is 3.35. The van der Waals surface area contributed by atoms with Crippen LogP contribution in [0.5, 0.6) is 0 Å². The van der Waals surface area contributed by atoms with Crippen molar-refractivity contribution in [2.24, 2.45) is 5.92 Å². The van der Waals surface area contributed by atoms with Gasteiger partial charge >= 0.3 is 0 Å². The fraction of sp³-hybridized carbons (Fsp3) is 0.429. The van der Waals surface area contributed by atoms with Crippen molar-refractivity contribution in [1.82, 2.24) is 0 Å². The Labute approximate surface area is 112 Å². The number of carbonyl (C=O) groups is 2. The lowest BCUT2D eigenvalue weighted by atomic mass is 10.1. The third-order valence-corrected chi connectivity index (χ3v) is 3.75. The molecule has 1 aromatic rings. The summed E-state index contributed by atoms with van der Waals surface area (Å²) in [7, 11) is 0. The van der Waals surface area contributed by atoms with E-state index in [-0.39, 0.29) is 17.6 Å². The Kier molecular flexibility index (Phi) is 5.92. The minimum atomic E-state index is -0.0812. The first-order chi connectivity index (χ1) is 8.52. The number of amides is 1. The molecule has 0 saturated heterocycles. The highest BCUT2D eigenvalue weighted by Crippen LogP contribution is 2.21. The third kappa shape index (κ3) is 4.92. The van der Waals surface area contributed by atoms with Crippen molar-refractivity contribution in [1.29, 1.82) is 0 Å². The van der Waals surface area contributed by atoms with Gasteiger partial charge in [-0.1, -0.05) is 13.8 Å². The highest BCUT2D eigenvalue weighted by molar-refractivity contribution is 8.00. The van der Waals surface area contributed by atoms with Gasteiger partial charge in [-0.15, -0.1) is 11.8 Å². The number of Topliss-reactive ketones (excluding diaryl/α,β-unsaturated/α-hetero) is 1. The smallest absolute Gasteiger partial charge is 0.221 e. The average Bonchev–Trinajstić information content (AvgIpc) is 2.36. The minimum absolute atomic E-state index is 0.0812. The van der Waals surface area contributed by atoms with Crippen LogP contribution < -0.4 is 5.32 Å². The maximum absolute atomic E-state index is 11.7. The molecule has 4 heteroatoms. The summed E-state index contributed by atoms with van der Waals surface area (Å²) in [5, 5.41) is 2.71. The molecule has 0 aliphatic heterocycles. The Hall–Kier alpha value is -1.29. The van der Waals surface area contributed by atoms with Gasteiger partial charge in [0.05, 0.1) is 5.75 Å². The van der Waals surface area contributed by atoms with E-state index in [2.05, 4.69) is 5.32 Å². The number of carbonyl (C=O) groups excluding carboxylic acids is 2. The fourth-order valence-electron chi connectivity index (χ4n) is 1.36. The molecule has 0 aliphatic carbocycles. The second-order valence-electron chi connectivity index (χ2n) is 4.27. The zero-order valence-electron chi connectivity index (χ0n) is 11.0. The van der Waals surface area contributed by atoms with Crippen LogP contribution in [0.2, 0.25) is 0 Å². The molecule has 0 fully saturated rings. The van der Waals surface area contributed by atoms with Crippen LogP contribution in [0.15, 0.2) is 29.2 Å². The molecule has 1 atom stereocenters. The summed E-state index contributed by atoms with van der Waals surface area (Å²) >= 11 is 1.54. The number of anilines is 1. The molecule has 0 heterocycles. The lowest BCUT2D eigenvalue weighted by Crippen LogP contribution is -2.12. The van der Waals surface area contributed by atoms with Gasteiger partial charge < -0.3 is 5.32 Å². The standard InChI is InChI=1S/C14H19NO2S/c1-4-10(2)14(17)9-18-13-7-5-12(6-8-13)15-11(3)16/h5-8,10H,4,9H2,1-3H3,(H,15,16). The van der Waals surface area contributed by atoms with Gasteiger partial charge in [0.25, 0.3) is 0 Å². The zero-order chi connectivity index (χ0) is 13.5. The molecule has 1 aromatic carbocycles. The molecule has 0 radical (unpaired) electrons. The molecule has 1 amide bonds. The molecule has 0 bridgehead atoms. The number of thioether (sulfide) groups is 1. The first-order valence-corrected chi connectivity index (χ1v) is 7.04. The Morgan fingerprint density at radius 3 is 2.39 bits per heavy atom. The van der Waals surface area contributed by atoms with Crippen LogP contribution in [0.4, 0.5) is 5.69 Å². The molecule has 98 valence electrons. The normalized spacial score (nSPS) is 11.9. The SMILES string of the molecule is CCC(C)C(=O)CSc1ccc(NC(C)=O)cc1. The van der Waals surface area contributed by atoms with Crippen molar-refractivity contribution in [2.75, 3.05) is 11.1 Å². The van der Waals surface area contributed by atoms with Crippen molar-refractivity contribution in [2.45, 2.75) is 32.1 Å². The molecule has 0 spiro atoms. The second-order valence-corrected chi connectivity index (χ2v) is 5.32. The number of hydrogen-bond acceptors (Lipinski definition) is 3. The van der Waals surface area contributed by atoms with E-state index in [0.29, 0.717) is 5.75 Å². The summed E-state index contributed by atoms with van der Waals surface area (Å²) in [6, 6.07) is 7.52. The van der Waals surface area contributed by atoms with Crippen LogP contribution in [0.25, 0.3) is 0 Å². The Bertz CT molecular complexity index is 414. The van der Waals surface area contributed by atoms with Gasteiger partial charge in [-0.25, -0.2) is 0 Å². The quantitative estimate of drug-likeness (QED) is 0.802. The number of hydrogen-bond donors (Lipinski definition) is 1. The Morgan fingerprint density at radius 2 is 1.89 bits per heavy atom. The van der Waals surface area contributed by atoms with E-state index in [1.165, 1.54) is 18.7 Å². The Balaban J connectivity index is 2.49. The van der Waals surface area contributed by atoms with E-state index < -0.39 is 0 Å². The number of benzene rings is 1. The van der Waals surface area contributed by atoms with Crippen LogP contribution in [0, 0.1) is 5.92 Å². The molecular formula is C14H19NO2S. The van der Waals surface area contributed by atoms with Gasteiger partial charge in [-0.2, -0.15) is 0 Å². The van der Waals surface area contributed by atoms with Crippen molar-refractivity contribution < 1.29 is 9.59 Å². The highest BCUT2D eigenvalue weighted by atomic mass is 32.2. The monoisotopic (exact) mass is 265 g/mol. The molecular weight excluding hydrogens is 246 g/mol. The van der Waals surface area contributed by atoms with Crippen LogP contribution in [0.1, 0.15) is 27.2 Å². The number of nitrogens with one attached hydrogen (secondary N) is 1. The molecule has 18 heavy (non-hydrogen) atoms. The molecule has 0 saturated carbocycles. The maximum Gasteiger partial charge on any atom is 0.221 e. The molecule has 1 N–H and O–H groups in total. The maximum atomic E-state index is 11.7. The van der Waals surface area contributed by atoms with Crippen LogP contribution in [-0.4, -0.2) is 17.4 Å². The average molecular weight is 265 g/mol. The van der Waals surface area contributed by atoms with Gasteiger partial charge in [-0.3, -0.25) is 9.59 Å².